The highest BCUT2D eigenvalue weighted by atomic mass is 16.4. The molecule has 0 radical (unpaired) electrons. The van der Waals surface area contributed by atoms with Gasteiger partial charge in [0, 0.05) is 51.5 Å². The molecule has 0 spiro atoms. The second-order valence-corrected chi connectivity index (χ2v) is 7.37. The van der Waals surface area contributed by atoms with Crippen molar-refractivity contribution in [2.75, 3.05) is 24.5 Å². The average Bonchev–Trinajstić information content (AvgIpc) is 3.08. The van der Waals surface area contributed by atoms with Crippen LogP contribution in [0.3, 0.4) is 0 Å². The minimum absolute atomic E-state index is 0.0473. The lowest BCUT2D eigenvalue weighted by Gasteiger charge is -2.29. The summed E-state index contributed by atoms with van der Waals surface area (Å²) >= 11 is 0. The van der Waals surface area contributed by atoms with Crippen LogP contribution in [-0.4, -0.2) is 46.1 Å². The molecule has 0 fully saturated rings. The molecule has 0 unspecified atom stereocenters. The molecular weight excluding hydrogens is 358 g/mol. The molecule has 0 saturated heterocycles. The molecule has 146 valence electrons. The Labute approximate surface area is 162 Å². The van der Waals surface area contributed by atoms with Gasteiger partial charge in [-0.25, -0.2) is 4.79 Å². The number of nitrogens with zero attached hydrogens (tertiary/aromatic N) is 3. The van der Waals surface area contributed by atoms with Crippen LogP contribution in [0.5, 0.6) is 0 Å². The average molecular weight is 381 g/mol. The zero-order chi connectivity index (χ0) is 19.8. The highest BCUT2D eigenvalue weighted by molar-refractivity contribution is 5.89. The molecule has 1 N–H and O–H groups in total. The largest absolute Gasteiger partial charge is 0.477 e. The van der Waals surface area contributed by atoms with Crippen molar-refractivity contribution in [3.63, 3.8) is 0 Å². The van der Waals surface area contributed by atoms with E-state index in [-0.39, 0.29) is 11.5 Å². The Morgan fingerprint density at radius 1 is 1.07 bits per heavy atom. The number of fused-ring (bicyclic) bond motifs is 2. The maximum Gasteiger partial charge on any atom is 0.341 e. The maximum atomic E-state index is 12.8. The monoisotopic (exact) mass is 381 g/mol. The molecule has 0 aliphatic carbocycles. The number of carboxylic acid groups (broad SMARTS) is 1. The minimum atomic E-state index is -1.20. The third-order valence-corrected chi connectivity index (χ3v) is 5.72. The lowest BCUT2D eigenvalue weighted by Crippen LogP contribution is -2.39. The number of pyridine rings is 1. The van der Waals surface area contributed by atoms with Crippen molar-refractivity contribution < 1.29 is 14.7 Å². The fraction of sp³-hybridized carbons (Fsp3) is 0.381. The summed E-state index contributed by atoms with van der Waals surface area (Å²) < 4.78 is 1.49. The van der Waals surface area contributed by atoms with Crippen molar-refractivity contribution in [3.8, 4) is 0 Å². The Bertz CT molecular complexity index is 1010. The Balaban J connectivity index is 1.63. The predicted molar refractivity (Wildman–Crippen MR) is 105 cm³/mol. The standard InChI is InChI=1S/C21H23N3O4/c1-14(25)23-9-7-17-16(12-23)13-24(20(26)19(17)21(27)28)11-10-22-8-6-15-4-2-3-5-18(15)22/h2-5,13H,6-12H2,1H3,(H,27,28). The molecule has 0 bridgehead atoms. The number of hydrogen-bond acceptors (Lipinski definition) is 4. The van der Waals surface area contributed by atoms with E-state index in [9.17, 15) is 19.5 Å². The van der Waals surface area contributed by atoms with Gasteiger partial charge in [-0.1, -0.05) is 18.2 Å². The van der Waals surface area contributed by atoms with E-state index in [0.717, 1.165) is 18.5 Å². The number of carbonyl (C=O) groups is 2. The van der Waals surface area contributed by atoms with E-state index in [1.54, 1.807) is 11.1 Å². The van der Waals surface area contributed by atoms with Crippen LogP contribution in [0, 0.1) is 0 Å². The Kier molecular flexibility index (Phi) is 4.66. The van der Waals surface area contributed by atoms with Gasteiger partial charge >= 0.3 is 5.97 Å². The molecule has 2 aliphatic heterocycles. The van der Waals surface area contributed by atoms with E-state index in [1.807, 2.05) is 12.1 Å². The van der Waals surface area contributed by atoms with Crippen molar-refractivity contribution in [3.05, 3.63) is 63.1 Å². The summed E-state index contributed by atoms with van der Waals surface area (Å²) in [4.78, 5) is 40.2. The maximum absolute atomic E-state index is 12.8. The SMILES string of the molecule is CC(=O)N1CCc2c(cn(CCN3CCc4ccccc43)c(=O)c2C(=O)O)C1. The molecule has 3 heterocycles. The zero-order valence-corrected chi connectivity index (χ0v) is 15.9. The normalized spacial score (nSPS) is 15.3. The van der Waals surface area contributed by atoms with Crippen molar-refractivity contribution >= 4 is 17.6 Å². The quantitative estimate of drug-likeness (QED) is 0.868. The number of carboxylic acids is 1. The summed E-state index contributed by atoms with van der Waals surface area (Å²) in [5.41, 5.74) is 3.17. The fourth-order valence-electron chi connectivity index (χ4n) is 4.23. The molecule has 0 atom stereocenters. The number of aromatic carboxylic acids is 1. The molecule has 7 nitrogen and oxygen atoms in total. The van der Waals surface area contributed by atoms with Gasteiger partial charge in [0.1, 0.15) is 5.56 Å². The van der Waals surface area contributed by atoms with Gasteiger partial charge in [-0.3, -0.25) is 9.59 Å². The molecule has 2 aromatic rings. The summed E-state index contributed by atoms with van der Waals surface area (Å²) in [6.45, 7) is 4.22. The van der Waals surface area contributed by atoms with Crippen LogP contribution in [0.1, 0.15) is 34.0 Å². The highest BCUT2D eigenvalue weighted by Gasteiger charge is 2.27. The fourth-order valence-corrected chi connectivity index (χ4v) is 4.23. The number of para-hydroxylation sites is 1. The molecule has 4 rings (SSSR count). The summed E-state index contributed by atoms with van der Waals surface area (Å²) in [5.74, 6) is -1.24. The topological polar surface area (TPSA) is 82.9 Å². The summed E-state index contributed by atoms with van der Waals surface area (Å²) in [6.07, 6.45) is 3.11. The first-order valence-electron chi connectivity index (χ1n) is 9.52. The predicted octanol–water partition coefficient (Wildman–Crippen LogP) is 1.51. The van der Waals surface area contributed by atoms with Crippen LogP contribution >= 0.6 is 0 Å². The van der Waals surface area contributed by atoms with E-state index in [1.165, 1.54) is 22.7 Å². The highest BCUT2D eigenvalue weighted by Crippen LogP contribution is 2.27. The van der Waals surface area contributed by atoms with Crippen molar-refractivity contribution in [1.82, 2.24) is 9.47 Å². The van der Waals surface area contributed by atoms with E-state index < -0.39 is 11.5 Å². The molecule has 2 aliphatic rings. The summed E-state index contributed by atoms with van der Waals surface area (Å²) in [6, 6.07) is 8.21. The van der Waals surface area contributed by atoms with Crippen molar-refractivity contribution in [2.45, 2.75) is 32.9 Å². The third kappa shape index (κ3) is 3.17. The number of hydrogen-bond donors (Lipinski definition) is 1. The van der Waals surface area contributed by atoms with Crippen molar-refractivity contribution in [1.29, 1.82) is 0 Å². The number of rotatable bonds is 4. The second kappa shape index (κ2) is 7.14. The number of aromatic nitrogens is 1. The van der Waals surface area contributed by atoms with Gasteiger partial charge in [-0.05, 0) is 35.6 Å². The third-order valence-electron chi connectivity index (χ3n) is 5.72. The Morgan fingerprint density at radius 2 is 1.86 bits per heavy atom. The number of carbonyl (C=O) groups excluding carboxylic acids is 1. The lowest BCUT2D eigenvalue weighted by atomic mass is 9.96. The minimum Gasteiger partial charge on any atom is -0.477 e. The first-order chi connectivity index (χ1) is 13.5. The van der Waals surface area contributed by atoms with Gasteiger partial charge in [0.05, 0.1) is 0 Å². The van der Waals surface area contributed by atoms with Gasteiger partial charge in [-0.15, -0.1) is 0 Å². The molecular formula is C21H23N3O4. The molecule has 1 amide bonds. The van der Waals surface area contributed by atoms with Gasteiger partial charge in [0.15, 0.2) is 0 Å². The molecule has 28 heavy (non-hydrogen) atoms. The van der Waals surface area contributed by atoms with Crippen molar-refractivity contribution in [2.24, 2.45) is 0 Å². The second-order valence-electron chi connectivity index (χ2n) is 7.37. The van der Waals surface area contributed by atoms with E-state index in [0.29, 0.717) is 38.2 Å². The van der Waals surface area contributed by atoms with Gasteiger partial charge < -0.3 is 19.5 Å². The first-order valence-corrected chi connectivity index (χ1v) is 9.52. The number of amides is 1. The zero-order valence-electron chi connectivity index (χ0n) is 15.9. The van der Waals surface area contributed by atoms with Crippen LogP contribution in [0.25, 0.3) is 0 Å². The first kappa shape index (κ1) is 18.3. The summed E-state index contributed by atoms with van der Waals surface area (Å²) in [5, 5.41) is 9.63. The van der Waals surface area contributed by atoms with Crippen LogP contribution in [0.2, 0.25) is 0 Å². The Hall–Kier alpha value is -3.09. The van der Waals surface area contributed by atoms with E-state index in [2.05, 4.69) is 17.0 Å². The van der Waals surface area contributed by atoms with Crippen LogP contribution in [-0.2, 0) is 30.7 Å². The Morgan fingerprint density at radius 3 is 2.61 bits per heavy atom. The molecule has 0 saturated carbocycles. The number of benzene rings is 1. The van der Waals surface area contributed by atoms with Gasteiger partial charge in [0.2, 0.25) is 5.91 Å². The molecule has 1 aromatic heterocycles. The smallest absolute Gasteiger partial charge is 0.341 e. The van der Waals surface area contributed by atoms with Gasteiger partial charge in [-0.2, -0.15) is 0 Å². The lowest BCUT2D eigenvalue weighted by molar-refractivity contribution is -0.129. The van der Waals surface area contributed by atoms with Crippen LogP contribution < -0.4 is 10.5 Å². The summed E-state index contributed by atoms with van der Waals surface area (Å²) in [7, 11) is 0. The number of anilines is 1. The van der Waals surface area contributed by atoms with Gasteiger partial charge in [0.25, 0.3) is 5.56 Å². The van der Waals surface area contributed by atoms with E-state index >= 15 is 0 Å². The molecule has 7 heteroatoms. The van der Waals surface area contributed by atoms with Crippen LogP contribution in [0.4, 0.5) is 5.69 Å². The van der Waals surface area contributed by atoms with E-state index in [4.69, 9.17) is 0 Å². The van der Waals surface area contributed by atoms with Crippen LogP contribution in [0.15, 0.2) is 35.3 Å². The molecule has 1 aromatic carbocycles.